The van der Waals surface area contributed by atoms with Crippen LogP contribution in [-0.4, -0.2) is 24.1 Å². The second kappa shape index (κ2) is 7.29. The molecule has 2 heteroatoms. The van der Waals surface area contributed by atoms with Crippen molar-refractivity contribution in [2.45, 2.75) is 37.9 Å². The molecule has 1 nitrogen and oxygen atoms in total. The minimum absolute atomic E-state index is 0.411. The van der Waals surface area contributed by atoms with Crippen LogP contribution in [0.15, 0.2) is 0 Å². The molecule has 0 aromatic rings. The molecule has 0 unspecified atom stereocenters. The van der Waals surface area contributed by atoms with E-state index in [0.29, 0.717) is 4.75 Å². The van der Waals surface area contributed by atoms with Gasteiger partial charge in [0.1, 0.15) is 0 Å². The van der Waals surface area contributed by atoms with Gasteiger partial charge in [0.25, 0.3) is 0 Å². The second-order valence-corrected chi connectivity index (χ2v) is 4.50. The fourth-order valence-corrected chi connectivity index (χ4v) is 2.16. The van der Waals surface area contributed by atoms with Crippen LogP contribution in [0.5, 0.6) is 0 Å². The van der Waals surface area contributed by atoms with Crippen LogP contribution in [0.3, 0.4) is 0 Å². The molecule has 0 fully saturated rings. The van der Waals surface area contributed by atoms with Crippen LogP contribution in [0.1, 0.15) is 33.1 Å². The molecule has 76 valence electrons. The summed E-state index contributed by atoms with van der Waals surface area (Å²) in [5, 5.41) is 3.42. The lowest BCUT2D eigenvalue weighted by atomic mass is 10.0. The third kappa shape index (κ3) is 4.59. The lowest BCUT2D eigenvalue weighted by Gasteiger charge is -2.29. The van der Waals surface area contributed by atoms with Crippen molar-refractivity contribution < 1.29 is 0 Å². The number of thioether (sulfide) groups is 1. The van der Waals surface area contributed by atoms with Gasteiger partial charge < -0.3 is 5.32 Å². The second-order valence-electron chi connectivity index (χ2n) is 3.23. The van der Waals surface area contributed by atoms with Crippen LogP contribution < -0.4 is 5.32 Å². The quantitative estimate of drug-likeness (QED) is 0.499. The highest BCUT2D eigenvalue weighted by Crippen LogP contribution is 2.29. The van der Waals surface area contributed by atoms with E-state index in [1.54, 1.807) is 0 Å². The Kier molecular flexibility index (Phi) is 7.22. The zero-order valence-electron chi connectivity index (χ0n) is 9.02. The van der Waals surface area contributed by atoms with Gasteiger partial charge in [-0.05, 0) is 19.1 Å². The smallest absolute Gasteiger partial charge is 0.0276 e. The molecule has 1 N–H and O–H groups in total. The summed E-state index contributed by atoms with van der Waals surface area (Å²) in [7, 11) is 0. The predicted octanol–water partition coefficient (Wildman–Crippen LogP) is 2.52. The Labute approximate surface area is 87.1 Å². The Balaban J connectivity index is 3.76. The summed E-state index contributed by atoms with van der Waals surface area (Å²) in [6.07, 6.45) is 10.6. The minimum atomic E-state index is 0.411. The first-order valence-electron chi connectivity index (χ1n) is 4.94. The molecule has 0 aliphatic carbocycles. The topological polar surface area (TPSA) is 12.0 Å². The van der Waals surface area contributed by atoms with Gasteiger partial charge in [-0.1, -0.05) is 13.8 Å². The standard InChI is InChI=1S/C11H21NS/c1-5-8-9-12-10-11(6-2,7-3)13-4/h1,12H,6-10H2,2-4H3. The number of hydrogen-bond donors (Lipinski definition) is 1. The van der Waals surface area contributed by atoms with Crippen molar-refractivity contribution in [2.75, 3.05) is 19.3 Å². The first-order chi connectivity index (χ1) is 6.24. The highest BCUT2D eigenvalue weighted by Gasteiger charge is 2.23. The van der Waals surface area contributed by atoms with E-state index in [2.05, 4.69) is 31.3 Å². The zero-order valence-corrected chi connectivity index (χ0v) is 9.84. The largest absolute Gasteiger partial charge is 0.314 e. The first-order valence-corrected chi connectivity index (χ1v) is 6.16. The van der Waals surface area contributed by atoms with E-state index < -0.39 is 0 Å². The summed E-state index contributed by atoms with van der Waals surface area (Å²) in [6, 6.07) is 0. The highest BCUT2D eigenvalue weighted by atomic mass is 32.2. The summed E-state index contributed by atoms with van der Waals surface area (Å²) < 4.78 is 0.411. The van der Waals surface area contributed by atoms with E-state index >= 15 is 0 Å². The molecular weight excluding hydrogens is 178 g/mol. The number of hydrogen-bond acceptors (Lipinski definition) is 2. The van der Waals surface area contributed by atoms with Gasteiger partial charge in [-0.25, -0.2) is 0 Å². The molecule has 0 spiro atoms. The van der Waals surface area contributed by atoms with Crippen molar-refractivity contribution in [1.82, 2.24) is 5.32 Å². The van der Waals surface area contributed by atoms with Crippen LogP contribution in [0.25, 0.3) is 0 Å². The predicted molar refractivity (Wildman–Crippen MR) is 63.1 cm³/mol. The third-order valence-corrected chi connectivity index (χ3v) is 4.20. The van der Waals surface area contributed by atoms with Crippen molar-refractivity contribution in [3.8, 4) is 12.3 Å². The molecule has 0 aromatic carbocycles. The van der Waals surface area contributed by atoms with Gasteiger partial charge in [0.2, 0.25) is 0 Å². The van der Waals surface area contributed by atoms with E-state index in [1.165, 1.54) is 12.8 Å². The monoisotopic (exact) mass is 199 g/mol. The van der Waals surface area contributed by atoms with Gasteiger partial charge in [0, 0.05) is 24.3 Å². The summed E-state index contributed by atoms with van der Waals surface area (Å²) in [5.74, 6) is 2.64. The molecule has 0 rings (SSSR count). The zero-order chi connectivity index (χ0) is 10.2. The molecule has 0 heterocycles. The van der Waals surface area contributed by atoms with Crippen molar-refractivity contribution in [2.24, 2.45) is 0 Å². The molecule has 0 radical (unpaired) electrons. The average Bonchev–Trinajstić information content (AvgIpc) is 2.20. The van der Waals surface area contributed by atoms with Gasteiger partial charge in [-0.3, -0.25) is 0 Å². The van der Waals surface area contributed by atoms with Crippen LogP contribution >= 0.6 is 11.8 Å². The SMILES string of the molecule is C#CCCNCC(CC)(CC)SC. The molecule has 0 aromatic heterocycles. The molecule has 0 aliphatic heterocycles. The van der Waals surface area contributed by atoms with E-state index in [4.69, 9.17) is 6.42 Å². The minimum Gasteiger partial charge on any atom is -0.314 e. The molecule has 0 saturated heterocycles. The maximum Gasteiger partial charge on any atom is 0.0276 e. The van der Waals surface area contributed by atoms with Gasteiger partial charge in [-0.2, -0.15) is 11.8 Å². The Morgan fingerprint density at radius 1 is 1.38 bits per heavy atom. The van der Waals surface area contributed by atoms with E-state index in [9.17, 15) is 0 Å². The molecule has 0 atom stereocenters. The van der Waals surface area contributed by atoms with E-state index in [-0.39, 0.29) is 0 Å². The third-order valence-electron chi connectivity index (χ3n) is 2.61. The van der Waals surface area contributed by atoms with Crippen LogP contribution in [0.2, 0.25) is 0 Å². The normalized spacial score (nSPS) is 11.2. The van der Waals surface area contributed by atoms with Crippen molar-refractivity contribution in [3.63, 3.8) is 0 Å². The Hall–Kier alpha value is -0.130. The molecule has 0 amide bonds. The average molecular weight is 199 g/mol. The van der Waals surface area contributed by atoms with Gasteiger partial charge in [-0.15, -0.1) is 12.3 Å². The molecule has 0 saturated carbocycles. The summed E-state index contributed by atoms with van der Waals surface area (Å²) >= 11 is 1.96. The number of terminal acetylenes is 1. The molecule has 0 bridgehead atoms. The Morgan fingerprint density at radius 3 is 2.38 bits per heavy atom. The van der Waals surface area contributed by atoms with Gasteiger partial charge in [0.15, 0.2) is 0 Å². The van der Waals surface area contributed by atoms with Gasteiger partial charge in [0.05, 0.1) is 0 Å². The lowest BCUT2D eigenvalue weighted by molar-refractivity contribution is 0.499. The fraction of sp³-hybridized carbons (Fsp3) is 0.818. The Morgan fingerprint density at radius 2 is 2.00 bits per heavy atom. The number of nitrogens with one attached hydrogen (secondary N) is 1. The number of rotatable bonds is 7. The lowest BCUT2D eigenvalue weighted by Crippen LogP contribution is -2.36. The van der Waals surface area contributed by atoms with Crippen molar-refractivity contribution in [3.05, 3.63) is 0 Å². The maximum atomic E-state index is 5.18. The maximum absolute atomic E-state index is 5.18. The molecule has 13 heavy (non-hydrogen) atoms. The van der Waals surface area contributed by atoms with E-state index in [0.717, 1.165) is 19.5 Å². The van der Waals surface area contributed by atoms with Crippen molar-refractivity contribution in [1.29, 1.82) is 0 Å². The molecule has 0 aliphatic rings. The van der Waals surface area contributed by atoms with Gasteiger partial charge >= 0.3 is 0 Å². The van der Waals surface area contributed by atoms with Crippen LogP contribution in [0.4, 0.5) is 0 Å². The van der Waals surface area contributed by atoms with E-state index in [1.807, 2.05) is 11.8 Å². The molecular formula is C11H21NS. The van der Waals surface area contributed by atoms with Crippen molar-refractivity contribution >= 4 is 11.8 Å². The summed E-state index contributed by atoms with van der Waals surface area (Å²) in [5.41, 5.74) is 0. The van der Waals surface area contributed by atoms with Crippen LogP contribution in [-0.2, 0) is 0 Å². The van der Waals surface area contributed by atoms with Crippen LogP contribution in [0, 0.1) is 12.3 Å². The summed E-state index contributed by atoms with van der Waals surface area (Å²) in [6.45, 7) is 6.52. The fourth-order valence-electron chi connectivity index (χ4n) is 1.34. The Bertz CT molecular complexity index is 148. The first kappa shape index (κ1) is 12.9. The highest BCUT2D eigenvalue weighted by molar-refractivity contribution is 8.00. The summed E-state index contributed by atoms with van der Waals surface area (Å²) in [4.78, 5) is 0.